The van der Waals surface area contributed by atoms with Crippen LogP contribution in [0.1, 0.15) is 16.8 Å². The summed E-state index contributed by atoms with van der Waals surface area (Å²) in [5, 5.41) is 0. The van der Waals surface area contributed by atoms with E-state index in [0.717, 1.165) is 19.5 Å². The van der Waals surface area contributed by atoms with E-state index in [-0.39, 0.29) is 11.7 Å². The van der Waals surface area contributed by atoms with Gasteiger partial charge in [-0.25, -0.2) is 4.39 Å². The first-order chi connectivity index (χ1) is 8.49. The summed E-state index contributed by atoms with van der Waals surface area (Å²) in [6.07, 6.45) is 0.987. The summed E-state index contributed by atoms with van der Waals surface area (Å²) in [6, 6.07) is 4.81. The average molecular weight is 315 g/mol. The Balaban J connectivity index is 2.10. The zero-order chi connectivity index (χ0) is 13.3. The van der Waals surface area contributed by atoms with E-state index in [1.807, 2.05) is 19.0 Å². The normalized spacial score (nSPS) is 19.6. The number of hydrogen-bond acceptors (Lipinski definition) is 2. The Hall–Kier alpha value is -0.940. The molecule has 1 aliphatic rings. The Morgan fingerprint density at radius 1 is 1.50 bits per heavy atom. The number of likely N-dealkylation sites (N-methyl/N-ethyl adjacent to an activating group) is 1. The van der Waals surface area contributed by atoms with Crippen LogP contribution in [0.2, 0.25) is 0 Å². The summed E-state index contributed by atoms with van der Waals surface area (Å²) in [4.78, 5) is 16.2. The molecule has 1 saturated heterocycles. The Morgan fingerprint density at radius 2 is 2.22 bits per heavy atom. The van der Waals surface area contributed by atoms with Crippen molar-refractivity contribution in [3.05, 3.63) is 34.1 Å². The summed E-state index contributed by atoms with van der Waals surface area (Å²) < 4.78 is 13.5. The van der Waals surface area contributed by atoms with Crippen molar-refractivity contribution in [2.24, 2.45) is 0 Å². The van der Waals surface area contributed by atoms with E-state index in [2.05, 4.69) is 20.8 Å². The molecular formula is C13H16BrFN2O. The van der Waals surface area contributed by atoms with Gasteiger partial charge in [0.1, 0.15) is 5.82 Å². The van der Waals surface area contributed by atoms with Gasteiger partial charge in [-0.1, -0.05) is 0 Å². The Labute approximate surface area is 115 Å². The molecule has 1 aromatic rings. The standard InChI is InChI=1S/C13H16BrFN2O/c1-16(2)10-5-6-17(8-10)13(18)9-3-4-12(15)11(14)7-9/h3-4,7,10H,5-6,8H2,1-2H3. The number of carbonyl (C=O) groups is 1. The number of halogens is 2. The van der Waals surface area contributed by atoms with E-state index in [0.29, 0.717) is 16.1 Å². The predicted octanol–water partition coefficient (Wildman–Crippen LogP) is 2.36. The second-order valence-corrected chi connectivity index (χ2v) is 5.64. The Morgan fingerprint density at radius 3 is 2.78 bits per heavy atom. The van der Waals surface area contributed by atoms with Crippen LogP contribution in [-0.4, -0.2) is 48.9 Å². The van der Waals surface area contributed by atoms with Crippen LogP contribution in [0.3, 0.4) is 0 Å². The average Bonchev–Trinajstić information content (AvgIpc) is 2.81. The largest absolute Gasteiger partial charge is 0.337 e. The van der Waals surface area contributed by atoms with Crippen molar-refractivity contribution in [2.45, 2.75) is 12.5 Å². The molecule has 18 heavy (non-hydrogen) atoms. The third-order valence-corrected chi connectivity index (χ3v) is 3.96. The number of likely N-dealkylation sites (tertiary alicyclic amines) is 1. The molecule has 0 spiro atoms. The Bertz CT molecular complexity index is 464. The molecule has 1 fully saturated rings. The highest BCUT2D eigenvalue weighted by atomic mass is 79.9. The van der Waals surface area contributed by atoms with Gasteiger partial charge in [0.05, 0.1) is 4.47 Å². The quantitative estimate of drug-likeness (QED) is 0.836. The van der Waals surface area contributed by atoms with Crippen LogP contribution in [0.15, 0.2) is 22.7 Å². The number of amides is 1. The first-order valence-corrected chi connectivity index (χ1v) is 6.69. The van der Waals surface area contributed by atoms with E-state index in [1.54, 1.807) is 6.07 Å². The molecule has 3 nitrogen and oxygen atoms in total. The lowest BCUT2D eigenvalue weighted by Crippen LogP contribution is -2.34. The van der Waals surface area contributed by atoms with E-state index in [4.69, 9.17) is 0 Å². The molecule has 0 aliphatic carbocycles. The van der Waals surface area contributed by atoms with Crippen LogP contribution in [-0.2, 0) is 0 Å². The maximum Gasteiger partial charge on any atom is 0.253 e. The van der Waals surface area contributed by atoms with Crippen molar-refractivity contribution in [3.63, 3.8) is 0 Å². The molecule has 1 aliphatic heterocycles. The molecular weight excluding hydrogens is 299 g/mol. The third kappa shape index (κ3) is 2.72. The van der Waals surface area contributed by atoms with E-state index < -0.39 is 0 Å². The minimum Gasteiger partial charge on any atom is -0.337 e. The van der Waals surface area contributed by atoms with Crippen LogP contribution >= 0.6 is 15.9 Å². The minimum atomic E-state index is -0.348. The monoisotopic (exact) mass is 314 g/mol. The lowest BCUT2D eigenvalue weighted by atomic mass is 10.2. The molecule has 0 bridgehead atoms. The zero-order valence-corrected chi connectivity index (χ0v) is 12.1. The topological polar surface area (TPSA) is 23.6 Å². The van der Waals surface area contributed by atoms with Gasteiger partial charge in [0.2, 0.25) is 0 Å². The molecule has 0 N–H and O–H groups in total. The second kappa shape index (κ2) is 5.36. The van der Waals surface area contributed by atoms with Crippen LogP contribution < -0.4 is 0 Å². The van der Waals surface area contributed by atoms with Gasteiger partial charge in [0.25, 0.3) is 5.91 Å². The molecule has 1 aromatic carbocycles. The maximum atomic E-state index is 13.1. The fourth-order valence-electron chi connectivity index (χ4n) is 2.16. The second-order valence-electron chi connectivity index (χ2n) is 4.79. The van der Waals surface area contributed by atoms with Crippen LogP contribution in [0.5, 0.6) is 0 Å². The highest BCUT2D eigenvalue weighted by Crippen LogP contribution is 2.20. The van der Waals surface area contributed by atoms with Crippen LogP contribution in [0.25, 0.3) is 0 Å². The molecule has 0 radical (unpaired) electrons. The Kier molecular flexibility index (Phi) is 4.02. The van der Waals surface area contributed by atoms with Crippen molar-refractivity contribution < 1.29 is 9.18 Å². The van der Waals surface area contributed by atoms with Gasteiger partial charge in [0.15, 0.2) is 0 Å². The number of nitrogens with zero attached hydrogens (tertiary/aromatic N) is 2. The van der Waals surface area contributed by atoms with Crippen LogP contribution in [0, 0.1) is 5.82 Å². The molecule has 0 aromatic heterocycles. The predicted molar refractivity (Wildman–Crippen MR) is 72.1 cm³/mol. The lowest BCUT2D eigenvalue weighted by Gasteiger charge is -2.20. The van der Waals surface area contributed by atoms with Crippen molar-refractivity contribution in [3.8, 4) is 0 Å². The number of hydrogen-bond donors (Lipinski definition) is 0. The van der Waals surface area contributed by atoms with Gasteiger partial charge in [-0.2, -0.15) is 0 Å². The lowest BCUT2D eigenvalue weighted by molar-refractivity contribution is 0.0783. The summed E-state index contributed by atoms with van der Waals surface area (Å²) in [5.74, 6) is -0.376. The van der Waals surface area contributed by atoms with Crippen molar-refractivity contribution >= 4 is 21.8 Å². The summed E-state index contributed by atoms with van der Waals surface area (Å²) in [5.41, 5.74) is 0.530. The molecule has 1 heterocycles. The van der Waals surface area contributed by atoms with Crippen LogP contribution in [0.4, 0.5) is 4.39 Å². The van der Waals surface area contributed by atoms with Gasteiger partial charge in [0, 0.05) is 24.7 Å². The van der Waals surface area contributed by atoms with Gasteiger partial charge < -0.3 is 9.80 Å². The third-order valence-electron chi connectivity index (χ3n) is 3.35. The fraction of sp³-hybridized carbons (Fsp3) is 0.462. The number of carbonyl (C=O) groups excluding carboxylic acids is 1. The fourth-order valence-corrected chi connectivity index (χ4v) is 2.54. The van der Waals surface area contributed by atoms with Gasteiger partial charge >= 0.3 is 0 Å². The minimum absolute atomic E-state index is 0.0277. The van der Waals surface area contributed by atoms with Crippen molar-refractivity contribution in [2.75, 3.05) is 27.2 Å². The summed E-state index contributed by atoms with van der Waals surface area (Å²) in [7, 11) is 4.04. The highest BCUT2D eigenvalue weighted by Gasteiger charge is 2.28. The van der Waals surface area contributed by atoms with E-state index in [1.165, 1.54) is 12.1 Å². The molecule has 1 amide bonds. The molecule has 0 saturated carbocycles. The van der Waals surface area contributed by atoms with Crippen molar-refractivity contribution in [1.29, 1.82) is 0 Å². The van der Waals surface area contributed by atoms with Gasteiger partial charge in [-0.05, 0) is 54.6 Å². The summed E-state index contributed by atoms with van der Waals surface area (Å²) >= 11 is 3.10. The van der Waals surface area contributed by atoms with Gasteiger partial charge in [-0.3, -0.25) is 4.79 Å². The molecule has 98 valence electrons. The van der Waals surface area contributed by atoms with E-state index in [9.17, 15) is 9.18 Å². The van der Waals surface area contributed by atoms with Gasteiger partial charge in [-0.15, -0.1) is 0 Å². The first-order valence-electron chi connectivity index (χ1n) is 5.90. The zero-order valence-electron chi connectivity index (χ0n) is 10.5. The molecule has 5 heteroatoms. The van der Waals surface area contributed by atoms with Crippen molar-refractivity contribution in [1.82, 2.24) is 9.80 Å². The molecule has 1 atom stereocenters. The maximum absolute atomic E-state index is 13.1. The first kappa shape index (κ1) is 13.5. The van der Waals surface area contributed by atoms with E-state index >= 15 is 0 Å². The number of benzene rings is 1. The SMILES string of the molecule is CN(C)C1CCN(C(=O)c2ccc(F)c(Br)c2)C1. The number of rotatable bonds is 2. The highest BCUT2D eigenvalue weighted by molar-refractivity contribution is 9.10. The molecule has 2 rings (SSSR count). The summed E-state index contributed by atoms with van der Waals surface area (Å²) in [6.45, 7) is 1.50. The smallest absolute Gasteiger partial charge is 0.253 e. The molecule has 1 unspecified atom stereocenters.